The number of hydrogen-bond donors (Lipinski definition) is 0. The lowest BCUT2D eigenvalue weighted by molar-refractivity contribution is 0.0463. The van der Waals surface area contributed by atoms with Gasteiger partial charge < -0.3 is 14.6 Å². The van der Waals surface area contributed by atoms with Crippen LogP contribution < -0.4 is 9.91 Å². The molecule has 0 amide bonds. The van der Waals surface area contributed by atoms with E-state index in [0.717, 1.165) is 67.3 Å². The zero-order valence-corrected chi connectivity index (χ0v) is 21.6. The van der Waals surface area contributed by atoms with Gasteiger partial charge in [0, 0.05) is 32.3 Å². The molecule has 0 N–H and O–H groups in total. The van der Waals surface area contributed by atoms with Gasteiger partial charge in [-0.25, -0.2) is 14.4 Å². The van der Waals surface area contributed by atoms with Crippen molar-refractivity contribution in [3.63, 3.8) is 0 Å². The summed E-state index contributed by atoms with van der Waals surface area (Å²) in [5.41, 5.74) is 3.69. The molecule has 35 heavy (non-hydrogen) atoms. The normalized spacial score (nSPS) is 18.4. The largest absolute Gasteiger partial charge is 0.376 e. The summed E-state index contributed by atoms with van der Waals surface area (Å²) in [4.78, 5) is 7.39. The predicted octanol–water partition coefficient (Wildman–Crippen LogP) is 5.71. The number of unbranched alkanes of at least 4 members (excludes halogenated alkanes) is 1. The summed E-state index contributed by atoms with van der Waals surface area (Å²) in [5, 5.41) is 13.8. The summed E-state index contributed by atoms with van der Waals surface area (Å²) in [6, 6.07) is 12.1. The fourth-order valence-electron chi connectivity index (χ4n) is 4.84. The first kappa shape index (κ1) is 25.4. The quantitative estimate of drug-likeness (QED) is 0.429. The topological polar surface area (TPSA) is 55.6 Å². The Morgan fingerprint density at radius 1 is 1.20 bits per heavy atom. The number of ether oxygens (including phenoxy) is 1. The molecule has 4 rings (SSSR count). The van der Waals surface area contributed by atoms with Crippen LogP contribution in [0.5, 0.6) is 0 Å². The minimum absolute atomic E-state index is 0.150. The van der Waals surface area contributed by atoms with Crippen LogP contribution in [0.2, 0.25) is 0 Å². The molecule has 0 aliphatic carbocycles. The van der Waals surface area contributed by atoms with Crippen molar-refractivity contribution < 1.29 is 9.13 Å². The molecular formula is C28H38FN5O. The number of piperidine rings is 1. The number of rotatable bonds is 9. The first-order valence-corrected chi connectivity index (χ1v) is 12.9. The van der Waals surface area contributed by atoms with E-state index in [2.05, 4.69) is 47.9 Å². The van der Waals surface area contributed by atoms with Crippen molar-refractivity contribution in [3.8, 4) is 17.2 Å². The second-order valence-corrected chi connectivity index (χ2v) is 10.1. The molecule has 1 saturated heterocycles. The van der Waals surface area contributed by atoms with Gasteiger partial charge in [0.1, 0.15) is 11.5 Å². The summed E-state index contributed by atoms with van der Waals surface area (Å²) in [5.74, 6) is 0.908. The van der Waals surface area contributed by atoms with Crippen LogP contribution in [0, 0.1) is 11.3 Å². The number of aromatic nitrogens is 1. The average molecular weight is 480 g/mol. The van der Waals surface area contributed by atoms with Crippen molar-refractivity contribution in [2.75, 3.05) is 43.2 Å². The standard InChI is InChI=1S/C28H38FN5O/c1-5-7-16-35-23(6-2)19-34-26-17-24(22-10-8-21(18-30)9-11-22)27(31-25(26)20-32(34)4)33-14-12-28(3,29)13-15-33/h8-11,17,23H,5-7,12-16,19-20H2,1-4H3. The highest BCUT2D eigenvalue weighted by Gasteiger charge is 2.34. The van der Waals surface area contributed by atoms with E-state index in [4.69, 9.17) is 9.72 Å². The van der Waals surface area contributed by atoms with Crippen molar-refractivity contribution >= 4 is 11.5 Å². The number of hydrogen-bond acceptors (Lipinski definition) is 6. The molecule has 1 fully saturated rings. The van der Waals surface area contributed by atoms with Gasteiger partial charge in [-0.15, -0.1) is 0 Å². The summed E-state index contributed by atoms with van der Waals surface area (Å²) in [6.07, 6.45) is 4.30. The van der Waals surface area contributed by atoms with Gasteiger partial charge in [0.2, 0.25) is 0 Å². The van der Waals surface area contributed by atoms with Crippen molar-refractivity contribution in [2.24, 2.45) is 0 Å². The lowest BCUT2D eigenvalue weighted by Crippen LogP contribution is -2.41. The zero-order valence-electron chi connectivity index (χ0n) is 21.6. The minimum Gasteiger partial charge on any atom is -0.376 e. The molecule has 2 aliphatic rings. The van der Waals surface area contributed by atoms with E-state index in [1.807, 2.05) is 24.3 Å². The number of nitriles is 1. The molecule has 2 aliphatic heterocycles. The maximum Gasteiger partial charge on any atom is 0.136 e. The Bertz CT molecular complexity index is 1040. The molecule has 0 bridgehead atoms. The molecule has 188 valence electrons. The van der Waals surface area contributed by atoms with E-state index in [1.54, 1.807) is 6.92 Å². The van der Waals surface area contributed by atoms with Crippen LogP contribution in [0.1, 0.15) is 64.1 Å². The van der Waals surface area contributed by atoms with E-state index in [-0.39, 0.29) is 6.10 Å². The number of fused-ring (bicyclic) bond motifs is 1. The van der Waals surface area contributed by atoms with E-state index in [1.165, 1.54) is 0 Å². The van der Waals surface area contributed by atoms with Gasteiger partial charge in [-0.3, -0.25) is 0 Å². The van der Waals surface area contributed by atoms with Crippen molar-refractivity contribution in [1.29, 1.82) is 5.26 Å². The second kappa shape index (κ2) is 10.9. The van der Waals surface area contributed by atoms with E-state index in [9.17, 15) is 9.65 Å². The molecule has 2 aromatic rings. The maximum absolute atomic E-state index is 14.6. The number of benzene rings is 1. The SMILES string of the molecule is CCCCOC(CC)CN1c2cc(-c3ccc(C#N)cc3)c(N3CCC(C)(F)CC3)nc2CN1C. The van der Waals surface area contributed by atoms with Crippen molar-refractivity contribution in [2.45, 2.75) is 71.2 Å². The minimum atomic E-state index is -1.12. The number of halogens is 1. The number of alkyl halides is 1. The first-order valence-electron chi connectivity index (χ1n) is 12.9. The molecule has 1 atom stereocenters. The predicted molar refractivity (Wildman–Crippen MR) is 139 cm³/mol. The van der Waals surface area contributed by atoms with Crippen LogP contribution in [0.25, 0.3) is 11.1 Å². The van der Waals surface area contributed by atoms with Crippen LogP contribution in [-0.4, -0.2) is 55.1 Å². The van der Waals surface area contributed by atoms with Gasteiger partial charge in [-0.1, -0.05) is 32.4 Å². The summed E-state index contributed by atoms with van der Waals surface area (Å²) < 4.78 is 20.7. The molecule has 0 saturated carbocycles. The molecule has 6 nitrogen and oxygen atoms in total. The van der Waals surface area contributed by atoms with E-state index >= 15 is 0 Å². The summed E-state index contributed by atoms with van der Waals surface area (Å²) in [6.45, 7) is 9.63. The van der Waals surface area contributed by atoms with Crippen LogP contribution in [0.3, 0.4) is 0 Å². The molecule has 1 unspecified atom stereocenters. The van der Waals surface area contributed by atoms with Crippen LogP contribution in [-0.2, 0) is 11.3 Å². The monoisotopic (exact) mass is 479 g/mol. The van der Waals surface area contributed by atoms with Crippen molar-refractivity contribution in [3.05, 3.63) is 41.6 Å². The lowest BCUT2D eigenvalue weighted by atomic mass is 9.94. The zero-order chi connectivity index (χ0) is 25.0. The number of pyridine rings is 1. The fraction of sp³-hybridized carbons (Fsp3) is 0.571. The fourth-order valence-corrected chi connectivity index (χ4v) is 4.84. The van der Waals surface area contributed by atoms with Gasteiger partial charge in [0.15, 0.2) is 0 Å². The molecule has 3 heterocycles. The maximum atomic E-state index is 14.6. The molecule has 1 aromatic carbocycles. The van der Waals surface area contributed by atoms with Gasteiger partial charge in [0.05, 0.1) is 42.2 Å². The third-order valence-corrected chi connectivity index (χ3v) is 7.24. The lowest BCUT2D eigenvalue weighted by Gasteiger charge is -2.36. The third kappa shape index (κ3) is 5.76. The summed E-state index contributed by atoms with van der Waals surface area (Å²) in [7, 11) is 2.09. The van der Waals surface area contributed by atoms with Crippen molar-refractivity contribution in [1.82, 2.24) is 9.99 Å². The Labute approximate surface area is 209 Å². The molecule has 0 radical (unpaired) electrons. The Morgan fingerprint density at radius 3 is 2.54 bits per heavy atom. The highest BCUT2D eigenvalue weighted by Crippen LogP contribution is 2.40. The Balaban J connectivity index is 1.69. The number of nitrogens with zero attached hydrogens (tertiary/aromatic N) is 5. The van der Waals surface area contributed by atoms with Gasteiger partial charge in [-0.2, -0.15) is 5.26 Å². The molecule has 7 heteroatoms. The Morgan fingerprint density at radius 2 is 1.91 bits per heavy atom. The van der Waals surface area contributed by atoms with E-state index < -0.39 is 5.67 Å². The number of hydrazine groups is 1. The first-order chi connectivity index (χ1) is 16.8. The number of anilines is 2. The van der Waals surface area contributed by atoms with Gasteiger partial charge >= 0.3 is 0 Å². The average Bonchev–Trinajstić information content (AvgIpc) is 3.16. The third-order valence-electron chi connectivity index (χ3n) is 7.24. The van der Waals surface area contributed by atoms with Crippen LogP contribution in [0.15, 0.2) is 30.3 Å². The molecule has 0 spiro atoms. The molecular weight excluding hydrogens is 441 g/mol. The van der Waals surface area contributed by atoms with Crippen LogP contribution >= 0.6 is 0 Å². The Kier molecular flexibility index (Phi) is 7.93. The molecule has 1 aromatic heterocycles. The van der Waals surface area contributed by atoms with Gasteiger partial charge in [0.25, 0.3) is 0 Å². The smallest absolute Gasteiger partial charge is 0.136 e. The second-order valence-electron chi connectivity index (χ2n) is 10.1. The highest BCUT2D eigenvalue weighted by atomic mass is 19.1. The summed E-state index contributed by atoms with van der Waals surface area (Å²) >= 11 is 0. The van der Waals surface area contributed by atoms with Gasteiger partial charge in [-0.05, 0) is 56.4 Å². The highest BCUT2D eigenvalue weighted by molar-refractivity contribution is 5.81. The Hall–Kier alpha value is -2.69. The van der Waals surface area contributed by atoms with Crippen LogP contribution in [0.4, 0.5) is 15.9 Å². The van der Waals surface area contributed by atoms with E-state index in [0.29, 0.717) is 31.5 Å².